The zero-order chi connectivity index (χ0) is 47.4. The molecule has 0 aromatic rings. The van der Waals surface area contributed by atoms with Gasteiger partial charge < -0.3 is 34.6 Å². The Labute approximate surface area is 382 Å². The van der Waals surface area contributed by atoms with Crippen molar-refractivity contribution in [1.29, 1.82) is 0 Å². The topological polar surface area (TPSA) is 225 Å². The number of allylic oxidation sites excluding steroid dienone is 16. The second-order valence-electron chi connectivity index (χ2n) is 14.8. The second kappa shape index (κ2) is 42.6. The van der Waals surface area contributed by atoms with Crippen LogP contribution in [-0.2, 0) is 46.3 Å². The van der Waals surface area contributed by atoms with Crippen LogP contribution in [0.5, 0.6) is 0 Å². The summed E-state index contributed by atoms with van der Waals surface area (Å²) in [5, 5.41) is 30.0. The van der Waals surface area contributed by atoms with Gasteiger partial charge in [0.05, 0.1) is 26.4 Å². The van der Waals surface area contributed by atoms with Gasteiger partial charge in [0.25, 0.3) is 0 Å². The second-order valence-corrected chi connectivity index (χ2v) is 17.7. The van der Waals surface area contributed by atoms with Crippen molar-refractivity contribution in [2.75, 3.05) is 39.6 Å². The molecule has 0 aliphatic carbocycles. The molecule has 0 aromatic carbocycles. The molecule has 5 atom stereocenters. The average Bonchev–Trinajstić information content (AvgIpc) is 3.27. The minimum absolute atomic E-state index is 0.116. The van der Waals surface area contributed by atoms with E-state index in [2.05, 4.69) is 80.6 Å². The molecule has 366 valence electrons. The third-order valence-electron chi connectivity index (χ3n) is 8.62. The van der Waals surface area contributed by atoms with Crippen LogP contribution < -0.4 is 0 Å². The lowest BCUT2D eigenvalue weighted by Gasteiger charge is -2.19. The molecule has 5 unspecified atom stereocenters. The lowest BCUT2D eigenvalue weighted by atomic mass is 10.1. The molecule has 15 nitrogen and oxygen atoms in total. The van der Waals surface area contributed by atoms with Gasteiger partial charge in [0.2, 0.25) is 0 Å². The van der Waals surface area contributed by atoms with Gasteiger partial charge in [-0.25, -0.2) is 9.13 Å². The van der Waals surface area contributed by atoms with E-state index in [4.69, 9.17) is 9.47 Å². The number of carbonyl (C=O) groups excluding carboxylic acids is 2. The molecule has 17 heteroatoms. The fourth-order valence-corrected chi connectivity index (χ4v) is 6.69. The lowest BCUT2D eigenvalue weighted by molar-refractivity contribution is -0.148. The van der Waals surface area contributed by atoms with Gasteiger partial charge in [-0.15, -0.1) is 0 Å². The summed E-state index contributed by atoms with van der Waals surface area (Å²) in [5.74, 6) is -1.08. The van der Waals surface area contributed by atoms with Crippen LogP contribution >= 0.6 is 15.6 Å². The van der Waals surface area contributed by atoms with Gasteiger partial charge >= 0.3 is 27.6 Å². The fraction of sp³-hybridized carbons (Fsp3) is 0.617. The quantitative estimate of drug-likeness (QED) is 0.0126. The minimum Gasteiger partial charge on any atom is -0.463 e. The minimum atomic E-state index is -4.80. The first-order chi connectivity index (χ1) is 30.8. The highest BCUT2D eigenvalue weighted by Gasteiger charge is 2.28. The first kappa shape index (κ1) is 61.0. The van der Waals surface area contributed by atoms with E-state index in [1.54, 1.807) is 0 Å². The van der Waals surface area contributed by atoms with Crippen molar-refractivity contribution in [1.82, 2.24) is 0 Å². The number of hydrogen-bond acceptors (Lipinski definition) is 13. The molecule has 64 heavy (non-hydrogen) atoms. The predicted octanol–water partition coefficient (Wildman–Crippen LogP) is 9.93. The van der Waals surface area contributed by atoms with Crippen LogP contribution in [0, 0.1) is 0 Å². The van der Waals surface area contributed by atoms with Crippen molar-refractivity contribution < 1.29 is 71.4 Å². The summed E-state index contributed by atoms with van der Waals surface area (Å²) in [7, 11) is -9.60. The molecule has 0 bridgehead atoms. The molecule has 0 heterocycles. The molecule has 0 aliphatic heterocycles. The Morgan fingerprint density at radius 3 is 1.28 bits per heavy atom. The normalized spacial score (nSPS) is 16.0. The Bertz CT molecular complexity index is 1520. The maximum atomic E-state index is 12.1. The Hall–Kier alpha value is -3.04. The van der Waals surface area contributed by atoms with Gasteiger partial charge in [0.15, 0.2) is 0 Å². The van der Waals surface area contributed by atoms with Crippen LogP contribution in [0.4, 0.5) is 0 Å². The highest BCUT2D eigenvalue weighted by molar-refractivity contribution is 7.47. The van der Waals surface area contributed by atoms with Crippen molar-refractivity contribution in [2.45, 2.75) is 148 Å². The number of esters is 2. The maximum absolute atomic E-state index is 12.1. The molecule has 0 radical (unpaired) electrons. The van der Waals surface area contributed by atoms with Crippen molar-refractivity contribution in [3.8, 4) is 0 Å². The summed E-state index contributed by atoms with van der Waals surface area (Å²) in [6.45, 7) is 0.117. The summed E-state index contributed by atoms with van der Waals surface area (Å²) in [6.07, 6.45) is 44.0. The molecule has 0 saturated carbocycles. The number of carbonyl (C=O) groups is 2. The number of phosphoric acid groups is 2. The van der Waals surface area contributed by atoms with Crippen LogP contribution in [0.25, 0.3) is 0 Å². The largest absolute Gasteiger partial charge is 0.472 e. The van der Waals surface area contributed by atoms with Crippen molar-refractivity contribution >= 4 is 27.6 Å². The summed E-state index contributed by atoms with van der Waals surface area (Å²) in [5.41, 5.74) is 0. The van der Waals surface area contributed by atoms with Crippen LogP contribution in [0.15, 0.2) is 97.2 Å². The monoisotopic (exact) mass is 944 g/mol. The van der Waals surface area contributed by atoms with Gasteiger partial charge in [-0.1, -0.05) is 143 Å². The Morgan fingerprint density at radius 2 is 0.797 bits per heavy atom. The number of rotatable bonds is 42. The molecular weight excluding hydrogens is 866 g/mol. The van der Waals surface area contributed by atoms with E-state index in [9.17, 15) is 43.8 Å². The molecule has 5 N–H and O–H groups in total. The first-order valence-electron chi connectivity index (χ1n) is 22.6. The van der Waals surface area contributed by atoms with Gasteiger partial charge in [-0.2, -0.15) is 0 Å². The van der Waals surface area contributed by atoms with Gasteiger partial charge in [-0.3, -0.25) is 27.7 Å². The zero-order valence-corrected chi connectivity index (χ0v) is 39.9. The van der Waals surface area contributed by atoms with E-state index < -0.39 is 85.5 Å². The number of phosphoric ester groups is 2. The summed E-state index contributed by atoms with van der Waals surface area (Å²) < 4.78 is 52.8. The number of unbranched alkanes of at least 4 members (excludes halogenated alkanes) is 9. The fourth-order valence-electron chi connectivity index (χ4n) is 5.10. The highest BCUT2D eigenvalue weighted by Crippen LogP contribution is 2.45. The van der Waals surface area contributed by atoms with Crippen molar-refractivity contribution in [3.05, 3.63) is 97.2 Å². The van der Waals surface area contributed by atoms with Crippen LogP contribution in [0.3, 0.4) is 0 Å². The Kier molecular flexibility index (Phi) is 40.6. The number of aliphatic hydroxyl groups is 3. The van der Waals surface area contributed by atoms with Crippen molar-refractivity contribution in [2.24, 2.45) is 0 Å². The van der Waals surface area contributed by atoms with Crippen LogP contribution in [0.1, 0.15) is 129 Å². The Balaban J connectivity index is 4.01. The average molecular weight is 945 g/mol. The number of hydrogen-bond donors (Lipinski definition) is 5. The smallest absolute Gasteiger partial charge is 0.463 e. The van der Waals surface area contributed by atoms with E-state index in [0.717, 1.165) is 64.2 Å². The van der Waals surface area contributed by atoms with Crippen LogP contribution in [-0.4, -0.2) is 95.0 Å². The summed E-state index contributed by atoms with van der Waals surface area (Å²) in [6, 6.07) is 0. The van der Waals surface area contributed by atoms with Gasteiger partial charge in [0, 0.05) is 12.8 Å². The molecule has 0 aliphatic rings. The highest BCUT2D eigenvalue weighted by atomic mass is 31.2. The molecule has 0 rings (SSSR count). The Morgan fingerprint density at radius 1 is 0.438 bits per heavy atom. The third kappa shape index (κ3) is 44.2. The molecule has 0 amide bonds. The van der Waals surface area contributed by atoms with Gasteiger partial charge in [0.1, 0.15) is 31.5 Å². The third-order valence-corrected chi connectivity index (χ3v) is 10.5. The van der Waals surface area contributed by atoms with Gasteiger partial charge in [-0.05, 0) is 70.6 Å². The zero-order valence-electron chi connectivity index (χ0n) is 38.2. The molecule has 0 aromatic heterocycles. The standard InChI is InChI=1S/C47H78O15P2/c1-3-5-7-9-11-13-15-17-19-20-22-24-26-28-30-32-34-36-47(52)58-38-44(49)40-60-64(55,56)62-42-45(50)41-61-63(53,54)59-39-43(48)37-57-46(51)35-33-31-29-27-25-23-21-18-16-14-12-10-8-6-4-2/h6,8,10-14,16-19,21-22,24,28,30,43-45,48-50H,3-5,7,9,15,20,23,25-27,29,31-42H2,1-2H3,(H,53,54)(H,55,56)/b8-6+,12-10+,13-11-,16-14+,19-17-,21-18-,24-22-,30-28-. The van der Waals surface area contributed by atoms with E-state index >= 15 is 0 Å². The molecule has 0 saturated heterocycles. The summed E-state index contributed by atoms with van der Waals surface area (Å²) in [4.78, 5) is 43.7. The predicted molar refractivity (Wildman–Crippen MR) is 251 cm³/mol. The van der Waals surface area contributed by atoms with E-state index in [0.29, 0.717) is 19.3 Å². The number of ether oxygens (including phenoxy) is 2. The number of aliphatic hydroxyl groups excluding tert-OH is 3. The van der Waals surface area contributed by atoms with E-state index in [-0.39, 0.29) is 12.8 Å². The molecule has 0 spiro atoms. The summed E-state index contributed by atoms with van der Waals surface area (Å²) >= 11 is 0. The molecular formula is C47H78O15P2. The molecule has 0 fully saturated rings. The van der Waals surface area contributed by atoms with E-state index in [1.165, 1.54) is 19.3 Å². The maximum Gasteiger partial charge on any atom is 0.472 e. The van der Waals surface area contributed by atoms with Crippen molar-refractivity contribution in [3.63, 3.8) is 0 Å². The van der Waals surface area contributed by atoms with E-state index in [1.807, 2.05) is 48.6 Å². The lowest BCUT2D eigenvalue weighted by Crippen LogP contribution is -2.25. The van der Waals surface area contributed by atoms with Crippen LogP contribution in [0.2, 0.25) is 0 Å². The first-order valence-corrected chi connectivity index (χ1v) is 25.6. The SMILES string of the molecule is CC/C=C/C=C/C=C/C=C\CCCCCCCC(=O)OCC(O)COP(=O)(O)OCC(O)COP(=O)(O)OCC(O)COC(=O)CCC/C=C\C/C=C\C/C=C\C/C=C\CCCCC.